The molecular formula is C12H20F2N2O. The van der Waals surface area contributed by atoms with Gasteiger partial charge in [-0.25, -0.2) is 8.78 Å². The number of nitrogens with one attached hydrogen (secondary N) is 1. The molecule has 0 atom stereocenters. The molecule has 0 unspecified atom stereocenters. The van der Waals surface area contributed by atoms with Crippen molar-refractivity contribution in [2.24, 2.45) is 0 Å². The first-order valence-electron chi connectivity index (χ1n) is 5.74. The summed E-state index contributed by atoms with van der Waals surface area (Å²) in [5, 5.41) is 3.28. The van der Waals surface area contributed by atoms with Crippen molar-refractivity contribution in [2.75, 3.05) is 13.6 Å². The summed E-state index contributed by atoms with van der Waals surface area (Å²) in [6, 6.07) is 2.26. The molecule has 1 rings (SSSR count). The van der Waals surface area contributed by atoms with Gasteiger partial charge in [-0.05, 0) is 13.1 Å². The molecule has 0 saturated carbocycles. The summed E-state index contributed by atoms with van der Waals surface area (Å²) in [4.78, 5) is 1.56. The van der Waals surface area contributed by atoms with E-state index in [4.69, 9.17) is 4.42 Å². The van der Waals surface area contributed by atoms with Gasteiger partial charge in [0.2, 0.25) is 0 Å². The predicted octanol–water partition coefficient (Wildman–Crippen LogP) is 2.47. The van der Waals surface area contributed by atoms with Crippen molar-refractivity contribution in [3.8, 4) is 0 Å². The highest BCUT2D eigenvalue weighted by molar-refractivity contribution is 5.16. The molecular weight excluding hydrogens is 226 g/mol. The Kier molecular flexibility index (Phi) is 5.58. The summed E-state index contributed by atoms with van der Waals surface area (Å²) < 4.78 is 29.7. The molecule has 1 heterocycles. The van der Waals surface area contributed by atoms with E-state index in [2.05, 4.69) is 19.2 Å². The molecule has 1 aromatic rings. The van der Waals surface area contributed by atoms with Crippen molar-refractivity contribution in [3.63, 3.8) is 0 Å². The smallest absolute Gasteiger partial charge is 0.251 e. The van der Waals surface area contributed by atoms with Gasteiger partial charge in [-0.3, -0.25) is 4.90 Å². The van der Waals surface area contributed by atoms with E-state index in [1.165, 1.54) is 0 Å². The lowest BCUT2D eigenvalue weighted by atomic mass is 10.2. The third-order valence-corrected chi connectivity index (χ3v) is 2.40. The lowest BCUT2D eigenvalue weighted by Gasteiger charge is -2.15. The Balaban J connectivity index is 2.50. The van der Waals surface area contributed by atoms with Crippen molar-refractivity contribution >= 4 is 0 Å². The molecule has 1 aromatic heterocycles. The molecule has 0 spiro atoms. The summed E-state index contributed by atoms with van der Waals surface area (Å²) in [6.45, 7) is 4.99. The van der Waals surface area contributed by atoms with Crippen LogP contribution < -0.4 is 5.32 Å². The van der Waals surface area contributed by atoms with E-state index in [0.717, 1.165) is 11.3 Å². The Labute approximate surface area is 101 Å². The Hall–Kier alpha value is -0.940. The number of hydrogen-bond donors (Lipinski definition) is 1. The van der Waals surface area contributed by atoms with Gasteiger partial charge in [0.05, 0.1) is 19.4 Å². The van der Waals surface area contributed by atoms with Crippen LogP contribution in [-0.4, -0.2) is 31.0 Å². The van der Waals surface area contributed by atoms with E-state index in [1.54, 1.807) is 18.2 Å². The Morgan fingerprint density at radius 2 is 2.12 bits per heavy atom. The standard InChI is InChI=1S/C12H20F2N2O/c1-9(2)15-6-10-4-5-17-11(10)7-16(3)8-12(13)14/h4-5,9,12,15H,6-8H2,1-3H3. The van der Waals surface area contributed by atoms with Gasteiger partial charge >= 0.3 is 0 Å². The third kappa shape index (κ3) is 5.28. The van der Waals surface area contributed by atoms with Crippen LogP contribution in [0, 0.1) is 0 Å². The highest BCUT2D eigenvalue weighted by Gasteiger charge is 2.12. The molecule has 0 fully saturated rings. The average molecular weight is 246 g/mol. The van der Waals surface area contributed by atoms with Crippen LogP contribution in [0.15, 0.2) is 16.7 Å². The topological polar surface area (TPSA) is 28.4 Å². The van der Waals surface area contributed by atoms with Crippen LogP contribution >= 0.6 is 0 Å². The normalized spacial score (nSPS) is 12.0. The van der Waals surface area contributed by atoms with Gasteiger partial charge in [0.1, 0.15) is 5.76 Å². The van der Waals surface area contributed by atoms with Crippen molar-refractivity contribution in [2.45, 2.75) is 39.4 Å². The maximum Gasteiger partial charge on any atom is 0.251 e. The first kappa shape index (κ1) is 14.1. The zero-order chi connectivity index (χ0) is 12.8. The molecule has 0 aromatic carbocycles. The molecule has 0 aliphatic carbocycles. The number of furan rings is 1. The van der Waals surface area contributed by atoms with Gasteiger partial charge in [0, 0.05) is 18.2 Å². The molecule has 0 aliphatic rings. The van der Waals surface area contributed by atoms with Gasteiger partial charge < -0.3 is 9.73 Å². The lowest BCUT2D eigenvalue weighted by Crippen LogP contribution is -2.26. The monoisotopic (exact) mass is 246 g/mol. The van der Waals surface area contributed by atoms with Gasteiger partial charge in [-0.15, -0.1) is 0 Å². The molecule has 0 saturated heterocycles. The Morgan fingerprint density at radius 1 is 1.41 bits per heavy atom. The summed E-state index contributed by atoms with van der Waals surface area (Å²) in [5.74, 6) is 0.751. The third-order valence-electron chi connectivity index (χ3n) is 2.40. The van der Waals surface area contributed by atoms with Crippen LogP contribution in [0.25, 0.3) is 0 Å². The fourth-order valence-electron chi connectivity index (χ4n) is 1.52. The maximum absolute atomic E-state index is 12.2. The zero-order valence-electron chi connectivity index (χ0n) is 10.5. The highest BCUT2D eigenvalue weighted by Crippen LogP contribution is 2.13. The first-order valence-corrected chi connectivity index (χ1v) is 5.74. The van der Waals surface area contributed by atoms with Crippen LogP contribution in [0.3, 0.4) is 0 Å². The minimum absolute atomic E-state index is 0.238. The highest BCUT2D eigenvalue weighted by atomic mass is 19.3. The molecule has 0 radical (unpaired) electrons. The molecule has 0 aliphatic heterocycles. The SMILES string of the molecule is CC(C)NCc1ccoc1CN(C)CC(F)F. The van der Waals surface area contributed by atoms with Crippen LogP contribution in [0.4, 0.5) is 8.78 Å². The van der Waals surface area contributed by atoms with E-state index in [-0.39, 0.29) is 6.54 Å². The van der Waals surface area contributed by atoms with Crippen molar-refractivity contribution < 1.29 is 13.2 Å². The summed E-state index contributed by atoms with van der Waals surface area (Å²) >= 11 is 0. The van der Waals surface area contributed by atoms with Gasteiger partial charge in [-0.2, -0.15) is 0 Å². The molecule has 98 valence electrons. The van der Waals surface area contributed by atoms with Crippen molar-refractivity contribution in [3.05, 3.63) is 23.7 Å². The number of nitrogens with zero attached hydrogens (tertiary/aromatic N) is 1. The fourth-order valence-corrected chi connectivity index (χ4v) is 1.52. The first-order chi connectivity index (χ1) is 7.99. The molecule has 0 amide bonds. The minimum Gasteiger partial charge on any atom is -0.468 e. The fraction of sp³-hybridized carbons (Fsp3) is 0.667. The van der Waals surface area contributed by atoms with Crippen LogP contribution in [-0.2, 0) is 13.1 Å². The second-order valence-electron chi connectivity index (χ2n) is 4.49. The van der Waals surface area contributed by atoms with Crippen molar-refractivity contribution in [1.82, 2.24) is 10.2 Å². The van der Waals surface area contributed by atoms with E-state index >= 15 is 0 Å². The zero-order valence-corrected chi connectivity index (χ0v) is 10.5. The molecule has 5 heteroatoms. The second kappa shape index (κ2) is 6.71. The number of hydrogen-bond acceptors (Lipinski definition) is 3. The minimum atomic E-state index is -2.31. The van der Waals surface area contributed by atoms with Crippen molar-refractivity contribution in [1.29, 1.82) is 0 Å². The van der Waals surface area contributed by atoms with E-state index in [0.29, 0.717) is 19.1 Å². The van der Waals surface area contributed by atoms with Crippen LogP contribution in [0.1, 0.15) is 25.2 Å². The average Bonchev–Trinajstić information content (AvgIpc) is 2.60. The van der Waals surface area contributed by atoms with E-state index < -0.39 is 6.43 Å². The second-order valence-corrected chi connectivity index (χ2v) is 4.49. The number of alkyl halides is 2. The Morgan fingerprint density at radius 3 is 2.71 bits per heavy atom. The van der Waals surface area contributed by atoms with Crippen LogP contribution in [0.5, 0.6) is 0 Å². The largest absolute Gasteiger partial charge is 0.468 e. The van der Waals surface area contributed by atoms with Gasteiger partial charge in [-0.1, -0.05) is 13.8 Å². The Bertz CT molecular complexity index is 326. The quantitative estimate of drug-likeness (QED) is 0.801. The lowest BCUT2D eigenvalue weighted by molar-refractivity contribution is 0.0944. The summed E-state index contributed by atoms with van der Waals surface area (Å²) in [6.07, 6.45) is -0.713. The number of halogens is 2. The van der Waals surface area contributed by atoms with E-state index in [1.807, 2.05) is 6.07 Å². The molecule has 1 N–H and O–H groups in total. The van der Waals surface area contributed by atoms with Gasteiger partial charge in [0.25, 0.3) is 6.43 Å². The van der Waals surface area contributed by atoms with Gasteiger partial charge in [0.15, 0.2) is 0 Å². The predicted molar refractivity (Wildman–Crippen MR) is 63.0 cm³/mol. The molecule has 0 bridgehead atoms. The number of rotatable bonds is 7. The molecule has 17 heavy (non-hydrogen) atoms. The maximum atomic E-state index is 12.2. The van der Waals surface area contributed by atoms with E-state index in [9.17, 15) is 8.78 Å². The summed E-state index contributed by atoms with van der Waals surface area (Å²) in [5.41, 5.74) is 1.03. The molecule has 3 nitrogen and oxygen atoms in total. The summed E-state index contributed by atoms with van der Waals surface area (Å²) in [7, 11) is 1.66. The van der Waals surface area contributed by atoms with Crippen LogP contribution in [0.2, 0.25) is 0 Å².